The second-order valence-corrected chi connectivity index (χ2v) is 4.52. The van der Waals surface area contributed by atoms with Gasteiger partial charge < -0.3 is 5.32 Å². The number of thiazole rings is 1. The molecule has 0 fully saturated rings. The smallest absolute Gasteiger partial charge is 0.222 e. The van der Waals surface area contributed by atoms with E-state index in [1.54, 1.807) is 23.7 Å². The van der Waals surface area contributed by atoms with Crippen LogP contribution in [0.15, 0.2) is 23.3 Å². The summed E-state index contributed by atoms with van der Waals surface area (Å²) < 4.78 is 1.03. The Morgan fingerprint density at radius 1 is 1.29 bits per heavy atom. The Balaban J connectivity index is 1.95. The van der Waals surface area contributed by atoms with Gasteiger partial charge in [0.1, 0.15) is 0 Å². The Hall–Kier alpha value is -0.760. The van der Waals surface area contributed by atoms with Crippen molar-refractivity contribution in [1.82, 2.24) is 15.0 Å². The molecule has 14 heavy (non-hydrogen) atoms. The molecule has 2 rings (SSSR count). The van der Waals surface area contributed by atoms with Gasteiger partial charge >= 0.3 is 0 Å². The minimum Gasteiger partial charge on any atom is -0.349 e. The van der Waals surface area contributed by atoms with E-state index in [2.05, 4.69) is 42.9 Å². The van der Waals surface area contributed by atoms with Crippen molar-refractivity contribution in [3.05, 3.63) is 32.5 Å². The van der Waals surface area contributed by atoms with Crippen LogP contribution in [0.25, 0.3) is 0 Å². The van der Waals surface area contributed by atoms with E-state index in [1.165, 1.54) is 0 Å². The highest BCUT2D eigenvalue weighted by molar-refractivity contribution is 14.1. The third kappa shape index (κ3) is 2.61. The predicted molar refractivity (Wildman–Crippen MR) is 64.2 cm³/mol. The first-order chi connectivity index (χ1) is 6.84. The molecule has 6 heteroatoms. The van der Waals surface area contributed by atoms with E-state index in [0.29, 0.717) is 12.5 Å². The van der Waals surface area contributed by atoms with Gasteiger partial charge in [-0.25, -0.2) is 15.0 Å². The first kappa shape index (κ1) is 9.78. The fourth-order valence-electron chi connectivity index (χ4n) is 0.898. The number of halogens is 1. The van der Waals surface area contributed by atoms with Crippen molar-refractivity contribution in [3.8, 4) is 0 Å². The Bertz CT molecular complexity index is 386. The van der Waals surface area contributed by atoms with Gasteiger partial charge in [-0.1, -0.05) is 0 Å². The Morgan fingerprint density at radius 3 is 2.71 bits per heavy atom. The van der Waals surface area contributed by atoms with E-state index < -0.39 is 0 Å². The summed E-state index contributed by atoms with van der Waals surface area (Å²) in [5.74, 6) is 0.637. The number of aromatic nitrogens is 3. The maximum absolute atomic E-state index is 4.15. The first-order valence-electron chi connectivity index (χ1n) is 3.93. The molecular formula is C8H7IN4S. The molecule has 0 bridgehead atoms. The third-order valence-corrected chi connectivity index (χ3v) is 2.72. The van der Waals surface area contributed by atoms with Gasteiger partial charge in [0.05, 0.1) is 17.7 Å². The fourth-order valence-corrected chi connectivity index (χ4v) is 1.73. The van der Waals surface area contributed by atoms with Gasteiger partial charge in [-0.15, -0.1) is 11.3 Å². The molecule has 72 valence electrons. The average molecular weight is 318 g/mol. The molecule has 0 amide bonds. The molecule has 0 aromatic carbocycles. The molecule has 0 aliphatic rings. The molecule has 0 radical (unpaired) electrons. The second-order valence-electron chi connectivity index (χ2n) is 2.56. The fraction of sp³-hybridized carbons (Fsp3) is 0.125. The summed E-state index contributed by atoms with van der Waals surface area (Å²) in [4.78, 5) is 12.4. The lowest BCUT2D eigenvalue weighted by molar-refractivity contribution is 1.01. The lowest BCUT2D eigenvalue weighted by Gasteiger charge is -2.01. The standard InChI is InChI=1S/C8H7IN4S/c9-6-1-10-8(11-2-6)12-3-7-4-14-5-13-7/h1-2,4-5H,3H2,(H,10,11,12). The van der Waals surface area contributed by atoms with Gasteiger partial charge in [0, 0.05) is 21.3 Å². The molecular weight excluding hydrogens is 311 g/mol. The highest BCUT2D eigenvalue weighted by Crippen LogP contribution is 2.05. The molecule has 0 aliphatic carbocycles. The van der Waals surface area contributed by atoms with Crippen LogP contribution in [0.3, 0.4) is 0 Å². The molecule has 0 spiro atoms. The maximum Gasteiger partial charge on any atom is 0.222 e. The number of nitrogens with one attached hydrogen (secondary N) is 1. The molecule has 2 heterocycles. The van der Waals surface area contributed by atoms with Crippen molar-refractivity contribution in [2.24, 2.45) is 0 Å². The SMILES string of the molecule is Ic1cnc(NCc2cscn2)nc1. The van der Waals surface area contributed by atoms with Crippen LogP contribution < -0.4 is 5.32 Å². The van der Waals surface area contributed by atoms with Crippen molar-refractivity contribution in [3.63, 3.8) is 0 Å². The van der Waals surface area contributed by atoms with Crippen molar-refractivity contribution in [1.29, 1.82) is 0 Å². The summed E-state index contributed by atoms with van der Waals surface area (Å²) in [7, 11) is 0. The van der Waals surface area contributed by atoms with Crippen LogP contribution in [0.5, 0.6) is 0 Å². The summed E-state index contributed by atoms with van der Waals surface area (Å²) in [6.45, 7) is 0.671. The molecule has 2 aromatic rings. The van der Waals surface area contributed by atoms with Crippen LogP contribution in [0.4, 0.5) is 5.95 Å². The van der Waals surface area contributed by atoms with Crippen molar-refractivity contribution in [2.45, 2.75) is 6.54 Å². The molecule has 0 atom stereocenters. The number of hydrogen-bond donors (Lipinski definition) is 1. The number of hydrogen-bond acceptors (Lipinski definition) is 5. The van der Waals surface area contributed by atoms with Crippen LogP contribution in [-0.4, -0.2) is 15.0 Å². The Kier molecular flexibility index (Phi) is 3.25. The minimum atomic E-state index is 0.637. The van der Waals surface area contributed by atoms with Crippen molar-refractivity contribution in [2.75, 3.05) is 5.32 Å². The van der Waals surface area contributed by atoms with E-state index >= 15 is 0 Å². The average Bonchev–Trinajstić information content (AvgIpc) is 2.70. The van der Waals surface area contributed by atoms with E-state index in [1.807, 2.05) is 10.9 Å². The van der Waals surface area contributed by atoms with Gasteiger partial charge in [0.25, 0.3) is 0 Å². The van der Waals surface area contributed by atoms with Gasteiger partial charge in [0.2, 0.25) is 5.95 Å². The van der Waals surface area contributed by atoms with Gasteiger partial charge in [-0.2, -0.15) is 0 Å². The van der Waals surface area contributed by atoms with Gasteiger partial charge in [-0.3, -0.25) is 0 Å². The number of rotatable bonds is 3. The molecule has 4 nitrogen and oxygen atoms in total. The molecule has 1 N–H and O–H groups in total. The predicted octanol–water partition coefficient (Wildman–Crippen LogP) is 2.15. The zero-order chi connectivity index (χ0) is 9.80. The van der Waals surface area contributed by atoms with E-state index in [9.17, 15) is 0 Å². The third-order valence-electron chi connectivity index (χ3n) is 1.53. The summed E-state index contributed by atoms with van der Waals surface area (Å²) >= 11 is 3.76. The Morgan fingerprint density at radius 2 is 2.07 bits per heavy atom. The highest BCUT2D eigenvalue weighted by Gasteiger charge is 1.97. The zero-order valence-corrected chi connectivity index (χ0v) is 10.1. The van der Waals surface area contributed by atoms with Crippen LogP contribution in [0.1, 0.15) is 5.69 Å². The van der Waals surface area contributed by atoms with Crippen LogP contribution in [-0.2, 0) is 6.54 Å². The van der Waals surface area contributed by atoms with E-state index in [0.717, 1.165) is 9.26 Å². The monoisotopic (exact) mass is 318 g/mol. The largest absolute Gasteiger partial charge is 0.349 e. The summed E-state index contributed by atoms with van der Waals surface area (Å²) in [6.07, 6.45) is 3.55. The summed E-state index contributed by atoms with van der Waals surface area (Å²) in [5.41, 5.74) is 2.82. The molecule has 2 aromatic heterocycles. The quantitative estimate of drug-likeness (QED) is 0.881. The molecule has 0 unspecified atom stereocenters. The normalized spacial score (nSPS) is 10.1. The van der Waals surface area contributed by atoms with Crippen molar-refractivity contribution >= 4 is 39.9 Å². The van der Waals surface area contributed by atoms with Gasteiger partial charge in [0.15, 0.2) is 0 Å². The van der Waals surface area contributed by atoms with Crippen LogP contribution in [0.2, 0.25) is 0 Å². The second kappa shape index (κ2) is 4.65. The number of anilines is 1. The Labute approximate surface area is 99.0 Å². The summed E-state index contributed by atoms with van der Waals surface area (Å²) in [6, 6.07) is 0. The zero-order valence-electron chi connectivity index (χ0n) is 7.14. The van der Waals surface area contributed by atoms with E-state index in [-0.39, 0.29) is 0 Å². The topological polar surface area (TPSA) is 50.7 Å². The molecule has 0 saturated heterocycles. The van der Waals surface area contributed by atoms with Gasteiger partial charge in [-0.05, 0) is 22.6 Å². The number of nitrogens with zero attached hydrogens (tertiary/aromatic N) is 3. The van der Waals surface area contributed by atoms with Crippen LogP contribution >= 0.6 is 33.9 Å². The summed E-state index contributed by atoms with van der Waals surface area (Å²) in [5, 5.41) is 5.09. The minimum absolute atomic E-state index is 0.637. The lowest BCUT2D eigenvalue weighted by Crippen LogP contribution is -2.03. The van der Waals surface area contributed by atoms with E-state index in [4.69, 9.17) is 0 Å². The molecule has 0 aliphatic heterocycles. The first-order valence-corrected chi connectivity index (χ1v) is 5.95. The molecule has 0 saturated carbocycles. The highest BCUT2D eigenvalue weighted by atomic mass is 127. The maximum atomic E-state index is 4.15. The lowest BCUT2D eigenvalue weighted by atomic mass is 10.5. The van der Waals surface area contributed by atoms with Crippen molar-refractivity contribution < 1.29 is 0 Å². The van der Waals surface area contributed by atoms with Crippen LogP contribution in [0, 0.1) is 3.57 Å².